The van der Waals surface area contributed by atoms with Crippen LogP contribution < -0.4 is 4.74 Å². The first-order valence-electron chi connectivity index (χ1n) is 5.02. The van der Waals surface area contributed by atoms with Crippen LogP contribution in [0.5, 0.6) is 5.75 Å². The minimum Gasteiger partial charge on any atom is -0.490 e. The molecule has 0 spiro atoms. The van der Waals surface area contributed by atoms with Crippen LogP contribution in [0.25, 0.3) is 0 Å². The van der Waals surface area contributed by atoms with E-state index in [9.17, 15) is 14.9 Å². The zero-order valence-electron chi connectivity index (χ0n) is 8.75. The maximum atomic E-state index is 10.9. The van der Waals surface area contributed by atoms with Gasteiger partial charge < -0.3 is 9.53 Å². The van der Waals surface area contributed by atoms with Gasteiger partial charge in [0.05, 0.1) is 11.0 Å². The first-order valence-corrected chi connectivity index (χ1v) is 5.02. The number of non-ortho nitro benzene ring substituents is 1. The van der Waals surface area contributed by atoms with Gasteiger partial charge >= 0.3 is 0 Å². The van der Waals surface area contributed by atoms with Crippen LogP contribution in [0.15, 0.2) is 18.2 Å². The first-order chi connectivity index (χ1) is 7.61. The van der Waals surface area contributed by atoms with Gasteiger partial charge in [-0.05, 0) is 19.4 Å². The van der Waals surface area contributed by atoms with Gasteiger partial charge in [0.15, 0.2) is 0 Å². The molecule has 0 saturated carbocycles. The second-order valence-corrected chi connectivity index (χ2v) is 3.89. The molecular weight excluding hydrogens is 210 g/mol. The molecule has 1 aromatic rings. The lowest BCUT2D eigenvalue weighted by Crippen LogP contribution is -2.23. The van der Waals surface area contributed by atoms with Gasteiger partial charge in [-0.2, -0.15) is 0 Å². The number of fused-ring (bicyclic) bond motifs is 1. The molecule has 5 heteroatoms. The fourth-order valence-electron chi connectivity index (χ4n) is 1.92. The lowest BCUT2D eigenvalue weighted by Gasteiger charge is -2.27. The number of hydrogen-bond donors (Lipinski definition) is 0. The number of rotatable bonds is 2. The van der Waals surface area contributed by atoms with Crippen molar-refractivity contribution in [2.24, 2.45) is 0 Å². The van der Waals surface area contributed by atoms with E-state index in [-0.39, 0.29) is 17.7 Å². The normalized spacial score (nSPS) is 23.1. The Kier molecular flexibility index (Phi) is 2.60. The number of nitro groups is 1. The summed E-state index contributed by atoms with van der Waals surface area (Å²) < 4.78 is 5.52. The molecule has 16 heavy (non-hydrogen) atoms. The van der Waals surface area contributed by atoms with Crippen molar-refractivity contribution >= 4 is 12.0 Å². The lowest BCUT2D eigenvalue weighted by atomic mass is 9.91. The summed E-state index contributed by atoms with van der Waals surface area (Å²) in [6, 6.07) is 4.36. The molecular formula is C11H11NO4. The standard InChI is InChI=1S/C11H11NO4/c1-7-4-8(6-13)10-5-9(12(14)15)2-3-11(10)16-7/h2-3,5-8H,4H2,1H3. The molecule has 2 rings (SSSR count). The molecule has 0 bridgehead atoms. The highest BCUT2D eigenvalue weighted by Crippen LogP contribution is 2.37. The molecule has 1 aliphatic rings. The smallest absolute Gasteiger partial charge is 0.269 e. The summed E-state index contributed by atoms with van der Waals surface area (Å²) in [5.74, 6) is 0.264. The van der Waals surface area contributed by atoms with Crippen molar-refractivity contribution in [3.63, 3.8) is 0 Å². The summed E-state index contributed by atoms with van der Waals surface area (Å²) in [5.41, 5.74) is 0.603. The Morgan fingerprint density at radius 2 is 2.31 bits per heavy atom. The minimum atomic E-state index is -0.472. The van der Waals surface area contributed by atoms with Crippen LogP contribution in [0, 0.1) is 10.1 Å². The first kappa shape index (κ1) is 10.6. The molecule has 0 saturated heterocycles. The van der Waals surface area contributed by atoms with Crippen molar-refractivity contribution in [2.75, 3.05) is 0 Å². The molecule has 0 fully saturated rings. The second kappa shape index (κ2) is 3.92. The molecule has 0 aromatic heterocycles. The summed E-state index contributed by atoms with van der Waals surface area (Å²) in [4.78, 5) is 21.1. The van der Waals surface area contributed by atoms with Crippen molar-refractivity contribution in [1.82, 2.24) is 0 Å². The summed E-state index contributed by atoms with van der Waals surface area (Å²) in [7, 11) is 0. The highest BCUT2D eigenvalue weighted by atomic mass is 16.6. The van der Waals surface area contributed by atoms with Gasteiger partial charge in [-0.1, -0.05) is 0 Å². The molecule has 0 N–H and O–H groups in total. The topological polar surface area (TPSA) is 69.4 Å². The summed E-state index contributed by atoms with van der Waals surface area (Å²) in [6.45, 7) is 1.88. The van der Waals surface area contributed by atoms with Gasteiger partial charge in [-0.15, -0.1) is 0 Å². The largest absolute Gasteiger partial charge is 0.490 e. The molecule has 0 aliphatic carbocycles. The van der Waals surface area contributed by atoms with Gasteiger partial charge in [0, 0.05) is 23.6 Å². The maximum Gasteiger partial charge on any atom is 0.269 e. The number of carbonyl (C=O) groups excluding carboxylic acids is 1. The Hall–Kier alpha value is -1.91. The highest BCUT2D eigenvalue weighted by Gasteiger charge is 2.27. The third-order valence-electron chi connectivity index (χ3n) is 2.68. The number of benzene rings is 1. The van der Waals surface area contributed by atoms with Crippen LogP contribution >= 0.6 is 0 Å². The van der Waals surface area contributed by atoms with E-state index < -0.39 is 4.92 Å². The zero-order valence-corrected chi connectivity index (χ0v) is 8.75. The number of aldehydes is 1. The molecule has 1 aliphatic heterocycles. The lowest BCUT2D eigenvalue weighted by molar-refractivity contribution is -0.385. The quantitative estimate of drug-likeness (QED) is 0.435. The van der Waals surface area contributed by atoms with E-state index in [0.717, 1.165) is 6.29 Å². The molecule has 84 valence electrons. The molecule has 0 radical (unpaired) electrons. The third-order valence-corrected chi connectivity index (χ3v) is 2.68. The van der Waals surface area contributed by atoms with E-state index in [1.807, 2.05) is 6.92 Å². The minimum absolute atomic E-state index is 0.0104. The summed E-state index contributed by atoms with van der Waals surface area (Å²) in [5, 5.41) is 10.6. The van der Waals surface area contributed by atoms with Gasteiger partial charge in [0.2, 0.25) is 0 Å². The second-order valence-electron chi connectivity index (χ2n) is 3.89. The van der Waals surface area contributed by atoms with Gasteiger partial charge in [-0.3, -0.25) is 10.1 Å². The van der Waals surface area contributed by atoms with Gasteiger partial charge in [0.25, 0.3) is 5.69 Å². The fourth-order valence-corrected chi connectivity index (χ4v) is 1.92. The highest BCUT2D eigenvalue weighted by molar-refractivity contribution is 5.66. The predicted molar refractivity (Wildman–Crippen MR) is 56.6 cm³/mol. The van der Waals surface area contributed by atoms with Crippen LogP contribution in [-0.4, -0.2) is 17.3 Å². The van der Waals surface area contributed by atoms with Crippen molar-refractivity contribution in [3.05, 3.63) is 33.9 Å². The number of ether oxygens (including phenoxy) is 1. The zero-order chi connectivity index (χ0) is 11.7. The summed E-state index contributed by atoms with van der Waals surface area (Å²) in [6.07, 6.45) is 1.35. The molecule has 2 atom stereocenters. The maximum absolute atomic E-state index is 10.9. The Balaban J connectivity index is 2.47. The van der Waals surface area contributed by atoms with Crippen LogP contribution in [0.4, 0.5) is 5.69 Å². The van der Waals surface area contributed by atoms with Gasteiger partial charge in [-0.25, -0.2) is 0 Å². The van der Waals surface area contributed by atoms with E-state index in [1.54, 1.807) is 6.07 Å². The molecule has 0 amide bonds. The van der Waals surface area contributed by atoms with Crippen LogP contribution in [0.3, 0.4) is 0 Å². The van der Waals surface area contributed by atoms with Crippen molar-refractivity contribution in [2.45, 2.75) is 25.4 Å². The van der Waals surface area contributed by atoms with E-state index in [2.05, 4.69) is 0 Å². The number of nitrogens with zero attached hydrogens (tertiary/aromatic N) is 1. The fraction of sp³-hybridized carbons (Fsp3) is 0.364. The van der Waals surface area contributed by atoms with E-state index in [0.29, 0.717) is 17.7 Å². The Bertz CT molecular complexity index is 444. The molecule has 2 unspecified atom stereocenters. The molecule has 5 nitrogen and oxygen atoms in total. The Labute approximate surface area is 92.2 Å². The predicted octanol–water partition coefficient (Wildman–Crippen LogP) is 2.05. The molecule has 1 aromatic carbocycles. The monoisotopic (exact) mass is 221 g/mol. The van der Waals surface area contributed by atoms with Crippen LogP contribution in [0.1, 0.15) is 24.8 Å². The van der Waals surface area contributed by atoms with E-state index in [4.69, 9.17) is 4.74 Å². The van der Waals surface area contributed by atoms with E-state index >= 15 is 0 Å². The van der Waals surface area contributed by atoms with E-state index in [1.165, 1.54) is 12.1 Å². The number of carbonyl (C=O) groups is 1. The van der Waals surface area contributed by atoms with Crippen molar-refractivity contribution in [1.29, 1.82) is 0 Å². The van der Waals surface area contributed by atoms with Gasteiger partial charge in [0.1, 0.15) is 12.0 Å². The third kappa shape index (κ3) is 1.76. The van der Waals surface area contributed by atoms with Crippen molar-refractivity contribution < 1.29 is 14.5 Å². The Morgan fingerprint density at radius 1 is 1.56 bits per heavy atom. The van der Waals surface area contributed by atoms with Crippen LogP contribution in [0.2, 0.25) is 0 Å². The summed E-state index contributed by atoms with van der Waals surface area (Å²) >= 11 is 0. The SMILES string of the molecule is CC1CC(C=O)c2cc([N+](=O)[O-])ccc2O1. The average Bonchev–Trinajstić information content (AvgIpc) is 2.27. The Morgan fingerprint density at radius 3 is 2.94 bits per heavy atom. The average molecular weight is 221 g/mol. The molecule has 1 heterocycles. The van der Waals surface area contributed by atoms with Crippen LogP contribution in [-0.2, 0) is 4.79 Å². The number of hydrogen-bond acceptors (Lipinski definition) is 4. The van der Waals surface area contributed by atoms with Crippen molar-refractivity contribution in [3.8, 4) is 5.75 Å². The number of nitro benzene ring substituents is 1.